The van der Waals surface area contributed by atoms with E-state index in [1.54, 1.807) is 0 Å². The van der Waals surface area contributed by atoms with Gasteiger partial charge in [-0.25, -0.2) is 0 Å². The van der Waals surface area contributed by atoms with Crippen LogP contribution in [-0.2, 0) is 6.54 Å². The molecule has 3 fully saturated rings. The molecule has 0 aliphatic carbocycles. The van der Waals surface area contributed by atoms with E-state index in [0.29, 0.717) is 6.17 Å². The zero-order valence-corrected chi connectivity index (χ0v) is 13.3. The summed E-state index contributed by atoms with van der Waals surface area (Å²) in [6, 6.07) is 23.1. The Labute approximate surface area is 137 Å². The van der Waals surface area contributed by atoms with Gasteiger partial charge in [-0.3, -0.25) is 9.80 Å². The Morgan fingerprint density at radius 1 is 0.957 bits per heavy atom. The predicted molar refractivity (Wildman–Crippen MR) is 93.1 cm³/mol. The Hall–Kier alpha value is -1.84. The van der Waals surface area contributed by atoms with E-state index in [2.05, 4.69) is 75.8 Å². The molecule has 5 atom stereocenters. The van der Waals surface area contributed by atoms with Gasteiger partial charge in [0.05, 0.1) is 6.17 Å². The number of anilines is 1. The average molecular weight is 305 g/mol. The molecule has 3 aliphatic heterocycles. The normalized spacial score (nSPS) is 34.9. The van der Waals surface area contributed by atoms with Crippen molar-refractivity contribution in [2.24, 2.45) is 5.92 Å². The Bertz CT molecular complexity index is 672. The Morgan fingerprint density at radius 2 is 1.70 bits per heavy atom. The van der Waals surface area contributed by atoms with Crippen molar-refractivity contribution < 1.29 is 0 Å². The highest BCUT2D eigenvalue weighted by atomic mass is 15.5. The molecule has 23 heavy (non-hydrogen) atoms. The van der Waals surface area contributed by atoms with E-state index in [1.165, 1.54) is 30.8 Å². The number of likely N-dealkylation sites (tertiary alicyclic amines) is 1. The van der Waals surface area contributed by atoms with Crippen molar-refractivity contribution in [3.05, 3.63) is 66.2 Å². The number of hydrogen-bond donors (Lipinski definition) is 1. The fraction of sp³-hybridized carbons (Fsp3) is 0.400. The number of benzene rings is 2. The SMILES string of the molecule is c1ccc(CN2CCC3C2C2CN2[C@@H]3Nc2ccccc2)cc1. The smallest absolute Gasteiger partial charge is 0.0842 e. The van der Waals surface area contributed by atoms with Crippen molar-refractivity contribution in [3.63, 3.8) is 0 Å². The van der Waals surface area contributed by atoms with Gasteiger partial charge >= 0.3 is 0 Å². The molecular weight excluding hydrogens is 282 g/mol. The van der Waals surface area contributed by atoms with E-state index in [-0.39, 0.29) is 0 Å². The molecule has 4 unspecified atom stereocenters. The molecule has 1 N–H and O–H groups in total. The maximum atomic E-state index is 3.79. The third kappa shape index (κ3) is 2.35. The number of fused-ring (bicyclic) bond motifs is 3. The van der Waals surface area contributed by atoms with E-state index in [0.717, 1.165) is 24.5 Å². The largest absolute Gasteiger partial charge is 0.369 e. The second kappa shape index (κ2) is 5.36. The van der Waals surface area contributed by atoms with Gasteiger partial charge in [0.25, 0.3) is 0 Å². The standard InChI is InChI=1S/C20H23N3/c1-3-7-15(8-4-1)13-22-12-11-17-19(22)18-14-23(18)20(17)21-16-9-5-2-6-10-16/h1-10,17-21H,11-14H2/t17?,18?,19?,20-,23?/m0/s1. The molecule has 3 nitrogen and oxygen atoms in total. The topological polar surface area (TPSA) is 18.3 Å². The minimum absolute atomic E-state index is 0.521. The van der Waals surface area contributed by atoms with Crippen LogP contribution in [0.25, 0.3) is 0 Å². The molecule has 118 valence electrons. The number of nitrogens with one attached hydrogen (secondary N) is 1. The lowest BCUT2D eigenvalue weighted by atomic mass is 9.97. The van der Waals surface area contributed by atoms with Crippen LogP contribution in [0.3, 0.4) is 0 Å². The molecule has 2 aromatic rings. The summed E-state index contributed by atoms with van der Waals surface area (Å²) >= 11 is 0. The first-order valence-corrected chi connectivity index (χ1v) is 8.75. The number of piperidine rings is 1. The van der Waals surface area contributed by atoms with Crippen LogP contribution < -0.4 is 5.32 Å². The average Bonchev–Trinajstić information content (AvgIpc) is 3.18. The van der Waals surface area contributed by atoms with E-state index in [9.17, 15) is 0 Å². The second-order valence-electron chi connectivity index (χ2n) is 7.12. The number of rotatable bonds is 4. The predicted octanol–water partition coefficient (Wildman–Crippen LogP) is 3.01. The van der Waals surface area contributed by atoms with Crippen LogP contribution in [0.15, 0.2) is 60.7 Å². The summed E-state index contributed by atoms with van der Waals surface area (Å²) in [5.41, 5.74) is 2.70. The number of hydrogen-bond acceptors (Lipinski definition) is 3. The van der Waals surface area contributed by atoms with Crippen molar-refractivity contribution >= 4 is 5.69 Å². The van der Waals surface area contributed by atoms with Gasteiger partial charge in [0.2, 0.25) is 0 Å². The quantitative estimate of drug-likeness (QED) is 0.876. The molecule has 0 amide bonds. The number of nitrogens with zero attached hydrogens (tertiary/aromatic N) is 2. The highest BCUT2D eigenvalue weighted by Gasteiger charge is 2.61. The molecule has 3 heterocycles. The monoisotopic (exact) mass is 305 g/mol. The van der Waals surface area contributed by atoms with Crippen molar-refractivity contribution in [1.29, 1.82) is 0 Å². The lowest BCUT2D eigenvalue weighted by Crippen LogP contribution is -2.38. The molecule has 3 heteroatoms. The van der Waals surface area contributed by atoms with Gasteiger partial charge in [-0.2, -0.15) is 0 Å². The summed E-state index contributed by atoms with van der Waals surface area (Å²) in [6.07, 6.45) is 1.84. The highest BCUT2D eigenvalue weighted by Crippen LogP contribution is 2.48. The van der Waals surface area contributed by atoms with Gasteiger partial charge in [-0.05, 0) is 30.7 Å². The lowest BCUT2D eigenvalue weighted by Gasteiger charge is -2.27. The molecule has 5 rings (SSSR count). The summed E-state index contributed by atoms with van der Waals surface area (Å²) in [7, 11) is 0. The summed E-state index contributed by atoms with van der Waals surface area (Å²) < 4.78 is 0. The Balaban J connectivity index is 1.32. The van der Waals surface area contributed by atoms with Crippen molar-refractivity contribution in [2.75, 3.05) is 18.4 Å². The zero-order chi connectivity index (χ0) is 15.2. The fourth-order valence-corrected chi connectivity index (χ4v) is 4.72. The molecular formula is C20H23N3. The molecule has 2 aromatic carbocycles. The van der Waals surface area contributed by atoms with Crippen LogP contribution in [0.1, 0.15) is 12.0 Å². The van der Waals surface area contributed by atoms with Gasteiger partial charge in [-0.1, -0.05) is 48.5 Å². The second-order valence-corrected chi connectivity index (χ2v) is 7.12. The molecule has 0 aromatic heterocycles. The highest BCUT2D eigenvalue weighted by molar-refractivity contribution is 5.45. The van der Waals surface area contributed by atoms with Gasteiger partial charge in [0.15, 0.2) is 0 Å². The maximum absolute atomic E-state index is 3.79. The van der Waals surface area contributed by atoms with E-state index < -0.39 is 0 Å². The molecule has 0 radical (unpaired) electrons. The summed E-state index contributed by atoms with van der Waals surface area (Å²) in [5.74, 6) is 0.762. The first kappa shape index (κ1) is 13.6. The first-order chi connectivity index (χ1) is 11.4. The Morgan fingerprint density at radius 3 is 2.48 bits per heavy atom. The van der Waals surface area contributed by atoms with Crippen LogP contribution in [-0.4, -0.2) is 41.1 Å². The van der Waals surface area contributed by atoms with Gasteiger partial charge < -0.3 is 5.32 Å². The van der Waals surface area contributed by atoms with Crippen LogP contribution in [0.4, 0.5) is 5.69 Å². The first-order valence-electron chi connectivity index (χ1n) is 8.75. The molecule has 0 bridgehead atoms. The molecule has 0 spiro atoms. The maximum Gasteiger partial charge on any atom is 0.0842 e. The molecule has 3 saturated heterocycles. The van der Waals surface area contributed by atoms with Crippen molar-refractivity contribution in [2.45, 2.75) is 31.2 Å². The van der Waals surface area contributed by atoms with Gasteiger partial charge in [0.1, 0.15) is 0 Å². The minimum Gasteiger partial charge on any atom is -0.369 e. The molecule has 0 saturated carbocycles. The van der Waals surface area contributed by atoms with E-state index in [1.807, 2.05) is 0 Å². The zero-order valence-electron chi connectivity index (χ0n) is 13.3. The van der Waals surface area contributed by atoms with E-state index in [4.69, 9.17) is 0 Å². The molecule has 3 aliphatic rings. The van der Waals surface area contributed by atoms with Crippen molar-refractivity contribution in [1.82, 2.24) is 9.80 Å². The van der Waals surface area contributed by atoms with Crippen molar-refractivity contribution in [3.8, 4) is 0 Å². The van der Waals surface area contributed by atoms with Crippen LogP contribution >= 0.6 is 0 Å². The third-order valence-electron chi connectivity index (χ3n) is 5.77. The Kier molecular flexibility index (Phi) is 3.17. The van der Waals surface area contributed by atoms with E-state index >= 15 is 0 Å². The third-order valence-corrected chi connectivity index (χ3v) is 5.77. The van der Waals surface area contributed by atoms with Gasteiger partial charge in [-0.15, -0.1) is 0 Å². The van der Waals surface area contributed by atoms with Crippen LogP contribution in [0.2, 0.25) is 0 Å². The van der Waals surface area contributed by atoms with Gasteiger partial charge in [0, 0.05) is 36.8 Å². The lowest BCUT2D eigenvalue weighted by molar-refractivity contribution is 0.229. The fourth-order valence-electron chi connectivity index (χ4n) is 4.72. The number of para-hydroxylation sites is 1. The van der Waals surface area contributed by atoms with Crippen LogP contribution in [0, 0.1) is 5.92 Å². The summed E-state index contributed by atoms with van der Waals surface area (Å²) in [4.78, 5) is 5.37. The summed E-state index contributed by atoms with van der Waals surface area (Å²) in [6.45, 7) is 3.60. The minimum atomic E-state index is 0.521. The summed E-state index contributed by atoms with van der Waals surface area (Å²) in [5, 5.41) is 3.79. The van der Waals surface area contributed by atoms with Crippen LogP contribution in [0.5, 0.6) is 0 Å².